The first-order valence-electron chi connectivity index (χ1n) is 5.07. The molecule has 0 fully saturated rings. The van der Waals surface area contributed by atoms with Crippen LogP contribution in [0.5, 0.6) is 5.75 Å². The Bertz CT molecular complexity index is 415. The molecule has 1 aliphatic heterocycles. The summed E-state index contributed by atoms with van der Waals surface area (Å²) >= 11 is 0. The van der Waals surface area contributed by atoms with Crippen LogP contribution in [0.25, 0.3) is 0 Å². The first-order valence-corrected chi connectivity index (χ1v) is 5.07. The second kappa shape index (κ2) is 3.02. The van der Waals surface area contributed by atoms with Gasteiger partial charge in [-0.15, -0.1) is 0 Å². The fourth-order valence-corrected chi connectivity index (χ4v) is 2.23. The fraction of sp³-hybridized carbons (Fsp3) is 0.231. The Balaban J connectivity index is 2.11. The third kappa shape index (κ3) is 1.09. The van der Waals surface area contributed by atoms with Crippen molar-refractivity contribution >= 4 is 0 Å². The molecule has 2 aliphatic rings. The molecule has 14 heavy (non-hydrogen) atoms. The normalized spacial score (nSPS) is 23.1. The van der Waals surface area contributed by atoms with Gasteiger partial charge < -0.3 is 4.74 Å². The van der Waals surface area contributed by atoms with E-state index in [-0.39, 0.29) is 0 Å². The van der Waals surface area contributed by atoms with Gasteiger partial charge in [-0.25, -0.2) is 0 Å². The SMILES string of the molecule is C1=CC2=COc3ccccc3C2CC1. The Morgan fingerprint density at radius 1 is 1.21 bits per heavy atom. The van der Waals surface area contributed by atoms with Crippen molar-refractivity contribution in [3.05, 3.63) is 53.8 Å². The highest BCUT2D eigenvalue weighted by Crippen LogP contribution is 2.41. The lowest BCUT2D eigenvalue weighted by Crippen LogP contribution is -2.11. The van der Waals surface area contributed by atoms with E-state index in [9.17, 15) is 0 Å². The molecule has 1 nitrogen and oxygen atoms in total. The topological polar surface area (TPSA) is 9.23 Å². The molecule has 0 aromatic heterocycles. The molecule has 0 N–H and O–H groups in total. The third-order valence-corrected chi connectivity index (χ3v) is 2.95. The van der Waals surface area contributed by atoms with Gasteiger partial charge in [-0.1, -0.05) is 30.4 Å². The molecule has 1 unspecified atom stereocenters. The number of para-hydroxylation sites is 1. The standard InChI is InChI=1S/C13H12O/c1-2-6-11-10(5-1)9-14-13-8-4-3-7-12(11)13/h1,3-5,7-9,11H,2,6H2. The van der Waals surface area contributed by atoms with Gasteiger partial charge in [0.25, 0.3) is 0 Å². The molecule has 0 radical (unpaired) electrons. The molecule has 0 saturated heterocycles. The maximum atomic E-state index is 5.58. The van der Waals surface area contributed by atoms with Crippen LogP contribution in [0, 0.1) is 0 Å². The molecule has 70 valence electrons. The van der Waals surface area contributed by atoms with Gasteiger partial charge in [-0.05, 0) is 24.5 Å². The summed E-state index contributed by atoms with van der Waals surface area (Å²) in [6, 6.07) is 8.33. The zero-order valence-electron chi connectivity index (χ0n) is 7.94. The van der Waals surface area contributed by atoms with Crippen molar-refractivity contribution in [2.45, 2.75) is 18.8 Å². The Morgan fingerprint density at radius 3 is 3.14 bits per heavy atom. The van der Waals surface area contributed by atoms with Crippen LogP contribution < -0.4 is 4.74 Å². The van der Waals surface area contributed by atoms with Gasteiger partial charge in [0.1, 0.15) is 5.75 Å². The van der Waals surface area contributed by atoms with Gasteiger partial charge in [0.2, 0.25) is 0 Å². The highest BCUT2D eigenvalue weighted by Gasteiger charge is 2.24. The Hall–Kier alpha value is -1.50. The van der Waals surface area contributed by atoms with Gasteiger partial charge >= 0.3 is 0 Å². The monoisotopic (exact) mass is 184 g/mol. The molecule has 0 bridgehead atoms. The summed E-state index contributed by atoms with van der Waals surface area (Å²) < 4.78 is 5.58. The molecule has 1 aromatic rings. The lowest BCUT2D eigenvalue weighted by Gasteiger charge is -2.27. The van der Waals surface area contributed by atoms with Gasteiger partial charge in [0.15, 0.2) is 0 Å². The summed E-state index contributed by atoms with van der Waals surface area (Å²) in [5, 5.41) is 0. The van der Waals surface area contributed by atoms with Crippen LogP contribution in [0.3, 0.4) is 0 Å². The summed E-state index contributed by atoms with van der Waals surface area (Å²) in [6.45, 7) is 0. The quantitative estimate of drug-likeness (QED) is 0.600. The van der Waals surface area contributed by atoms with Crippen LogP contribution in [0.1, 0.15) is 24.3 Å². The molecule has 1 aromatic carbocycles. The Labute approximate surface area is 83.7 Å². The van der Waals surface area contributed by atoms with Crippen LogP contribution in [0.15, 0.2) is 48.3 Å². The van der Waals surface area contributed by atoms with E-state index in [2.05, 4.69) is 24.3 Å². The number of allylic oxidation sites excluding steroid dienone is 3. The van der Waals surface area contributed by atoms with Crippen LogP contribution in [0.2, 0.25) is 0 Å². The number of benzene rings is 1. The molecular formula is C13H12O. The van der Waals surface area contributed by atoms with E-state index < -0.39 is 0 Å². The van der Waals surface area contributed by atoms with Crippen molar-refractivity contribution in [3.8, 4) is 5.75 Å². The molecule has 1 heterocycles. The summed E-state index contributed by atoms with van der Waals surface area (Å²) in [5.74, 6) is 1.58. The summed E-state index contributed by atoms with van der Waals surface area (Å²) in [4.78, 5) is 0. The molecule has 1 heteroatoms. The van der Waals surface area contributed by atoms with Crippen LogP contribution >= 0.6 is 0 Å². The first kappa shape index (κ1) is 7.86. The van der Waals surface area contributed by atoms with Crippen molar-refractivity contribution < 1.29 is 4.74 Å². The van der Waals surface area contributed by atoms with Crippen molar-refractivity contribution in [2.75, 3.05) is 0 Å². The van der Waals surface area contributed by atoms with Crippen LogP contribution in [0.4, 0.5) is 0 Å². The first-order chi connectivity index (χ1) is 6.95. The lowest BCUT2D eigenvalue weighted by molar-refractivity contribution is 0.440. The van der Waals surface area contributed by atoms with Crippen molar-refractivity contribution in [1.29, 1.82) is 0 Å². The molecule has 0 saturated carbocycles. The minimum Gasteiger partial charge on any atom is -0.464 e. The molecule has 1 atom stereocenters. The second-order valence-corrected chi connectivity index (χ2v) is 3.81. The van der Waals surface area contributed by atoms with E-state index in [0.29, 0.717) is 5.92 Å². The zero-order chi connectivity index (χ0) is 9.38. The number of ether oxygens (including phenoxy) is 1. The zero-order valence-corrected chi connectivity index (χ0v) is 7.94. The van der Waals surface area contributed by atoms with E-state index in [0.717, 1.165) is 5.75 Å². The molecule has 1 aliphatic carbocycles. The van der Waals surface area contributed by atoms with E-state index >= 15 is 0 Å². The van der Waals surface area contributed by atoms with E-state index in [1.165, 1.54) is 24.0 Å². The van der Waals surface area contributed by atoms with E-state index in [1.807, 2.05) is 18.4 Å². The summed E-state index contributed by atoms with van der Waals surface area (Å²) in [6.07, 6.45) is 8.69. The molecule has 0 spiro atoms. The van der Waals surface area contributed by atoms with Crippen molar-refractivity contribution in [1.82, 2.24) is 0 Å². The second-order valence-electron chi connectivity index (χ2n) is 3.81. The average Bonchev–Trinajstić information content (AvgIpc) is 2.29. The van der Waals surface area contributed by atoms with Gasteiger partial charge in [-0.3, -0.25) is 0 Å². The van der Waals surface area contributed by atoms with Crippen molar-refractivity contribution in [2.24, 2.45) is 0 Å². The highest BCUT2D eigenvalue weighted by molar-refractivity contribution is 5.47. The maximum absolute atomic E-state index is 5.58. The smallest absolute Gasteiger partial charge is 0.130 e. The molecule has 3 rings (SSSR count). The summed E-state index contributed by atoms with van der Waals surface area (Å²) in [5.41, 5.74) is 2.66. The molecule has 0 amide bonds. The largest absolute Gasteiger partial charge is 0.464 e. The van der Waals surface area contributed by atoms with Gasteiger partial charge in [0.05, 0.1) is 6.26 Å². The molecular weight excluding hydrogens is 172 g/mol. The van der Waals surface area contributed by atoms with Crippen LogP contribution in [-0.4, -0.2) is 0 Å². The van der Waals surface area contributed by atoms with Crippen molar-refractivity contribution in [3.63, 3.8) is 0 Å². The van der Waals surface area contributed by atoms with E-state index in [4.69, 9.17) is 4.74 Å². The predicted molar refractivity (Wildman–Crippen MR) is 56.3 cm³/mol. The number of rotatable bonds is 0. The lowest BCUT2D eigenvalue weighted by atomic mass is 9.83. The minimum absolute atomic E-state index is 0.560. The average molecular weight is 184 g/mol. The van der Waals surface area contributed by atoms with Crippen LogP contribution in [-0.2, 0) is 0 Å². The highest BCUT2D eigenvalue weighted by atomic mass is 16.5. The number of hydrogen-bond donors (Lipinski definition) is 0. The van der Waals surface area contributed by atoms with Gasteiger partial charge in [0, 0.05) is 11.5 Å². The minimum atomic E-state index is 0.560. The third-order valence-electron chi connectivity index (χ3n) is 2.95. The predicted octanol–water partition coefficient (Wildman–Crippen LogP) is 3.40. The maximum Gasteiger partial charge on any atom is 0.130 e. The van der Waals surface area contributed by atoms with E-state index in [1.54, 1.807) is 0 Å². The van der Waals surface area contributed by atoms with Gasteiger partial charge in [-0.2, -0.15) is 0 Å². The number of hydrogen-bond acceptors (Lipinski definition) is 1. The Kier molecular flexibility index (Phi) is 1.69. The fourth-order valence-electron chi connectivity index (χ4n) is 2.23. The number of fused-ring (bicyclic) bond motifs is 3. The summed E-state index contributed by atoms with van der Waals surface area (Å²) in [7, 11) is 0. The Morgan fingerprint density at radius 2 is 2.14 bits per heavy atom.